The van der Waals surface area contributed by atoms with Gasteiger partial charge in [0.1, 0.15) is 0 Å². The van der Waals surface area contributed by atoms with Crippen LogP contribution in [-0.2, 0) is 0 Å². The first-order chi connectivity index (χ1) is 8.08. The van der Waals surface area contributed by atoms with E-state index in [1.165, 1.54) is 45.1 Å². The fraction of sp³-hybridized carbons (Fsp3) is 1.00. The van der Waals surface area contributed by atoms with Gasteiger partial charge in [0.2, 0.25) is 0 Å². The zero-order valence-corrected chi connectivity index (χ0v) is 12.3. The van der Waals surface area contributed by atoms with Crippen LogP contribution in [0.25, 0.3) is 0 Å². The van der Waals surface area contributed by atoms with Crippen LogP contribution >= 0.6 is 0 Å². The summed E-state index contributed by atoms with van der Waals surface area (Å²) in [5, 5.41) is 7.32. The molecule has 0 saturated carbocycles. The maximum absolute atomic E-state index is 3.74. The fourth-order valence-electron chi connectivity index (χ4n) is 2.85. The molecule has 0 amide bonds. The summed E-state index contributed by atoms with van der Waals surface area (Å²) >= 11 is 0. The van der Waals surface area contributed by atoms with Gasteiger partial charge in [0.15, 0.2) is 0 Å². The van der Waals surface area contributed by atoms with Gasteiger partial charge in [0, 0.05) is 18.1 Å². The number of hydrogen-bond donors (Lipinski definition) is 2. The third-order valence-corrected chi connectivity index (χ3v) is 3.79. The summed E-state index contributed by atoms with van der Waals surface area (Å²) in [6, 6.07) is 2.09. The maximum Gasteiger partial charge on any atom is 0.00822 e. The second-order valence-corrected chi connectivity index (χ2v) is 6.32. The Kier molecular flexibility index (Phi) is 7.14. The maximum atomic E-state index is 3.74. The first-order valence-corrected chi connectivity index (χ1v) is 7.57. The summed E-state index contributed by atoms with van der Waals surface area (Å²) in [7, 11) is 0. The lowest BCUT2D eigenvalue weighted by atomic mass is 10.0. The second kappa shape index (κ2) is 8.10. The number of rotatable bonds is 8. The van der Waals surface area contributed by atoms with Crippen LogP contribution in [-0.4, -0.2) is 24.7 Å². The number of hydrogen-bond acceptors (Lipinski definition) is 2. The highest BCUT2D eigenvalue weighted by atomic mass is 15.0. The molecule has 2 nitrogen and oxygen atoms in total. The Labute approximate surface area is 108 Å². The van der Waals surface area contributed by atoms with Gasteiger partial charge in [-0.15, -0.1) is 0 Å². The van der Waals surface area contributed by atoms with Crippen LogP contribution in [0.1, 0.15) is 66.2 Å². The molecule has 1 rings (SSSR count). The minimum atomic E-state index is 0.652. The van der Waals surface area contributed by atoms with Gasteiger partial charge < -0.3 is 10.6 Å². The van der Waals surface area contributed by atoms with Crippen molar-refractivity contribution in [3.05, 3.63) is 0 Å². The molecular formula is C15H32N2. The van der Waals surface area contributed by atoms with E-state index in [4.69, 9.17) is 0 Å². The predicted molar refractivity (Wildman–Crippen MR) is 76.4 cm³/mol. The smallest absolute Gasteiger partial charge is 0.00822 e. The molecule has 17 heavy (non-hydrogen) atoms. The fourth-order valence-corrected chi connectivity index (χ4v) is 2.85. The normalized spacial score (nSPS) is 24.2. The van der Waals surface area contributed by atoms with E-state index in [0.29, 0.717) is 12.1 Å². The standard InChI is InChI=1S/C15H32N2/c1-12(2)7-5-8-13(3)17-14(4)11-15-9-6-10-16-15/h12-17H,5-11H2,1-4H3. The summed E-state index contributed by atoms with van der Waals surface area (Å²) in [5.74, 6) is 0.849. The Morgan fingerprint density at radius 3 is 2.47 bits per heavy atom. The molecule has 0 spiro atoms. The van der Waals surface area contributed by atoms with Crippen molar-refractivity contribution in [3.63, 3.8) is 0 Å². The van der Waals surface area contributed by atoms with E-state index >= 15 is 0 Å². The average Bonchev–Trinajstić information content (AvgIpc) is 2.69. The molecule has 1 saturated heterocycles. The van der Waals surface area contributed by atoms with Crippen LogP contribution < -0.4 is 10.6 Å². The van der Waals surface area contributed by atoms with Gasteiger partial charge in [-0.3, -0.25) is 0 Å². The van der Waals surface area contributed by atoms with E-state index in [-0.39, 0.29) is 0 Å². The Balaban J connectivity index is 2.05. The van der Waals surface area contributed by atoms with Crippen molar-refractivity contribution in [1.29, 1.82) is 0 Å². The van der Waals surface area contributed by atoms with Crippen molar-refractivity contribution in [1.82, 2.24) is 10.6 Å². The van der Waals surface area contributed by atoms with Crippen molar-refractivity contribution >= 4 is 0 Å². The Hall–Kier alpha value is -0.0800. The lowest BCUT2D eigenvalue weighted by Crippen LogP contribution is -2.38. The summed E-state index contributed by atoms with van der Waals surface area (Å²) < 4.78 is 0. The molecule has 1 heterocycles. The van der Waals surface area contributed by atoms with E-state index in [0.717, 1.165) is 12.0 Å². The minimum Gasteiger partial charge on any atom is -0.314 e. The van der Waals surface area contributed by atoms with E-state index in [9.17, 15) is 0 Å². The van der Waals surface area contributed by atoms with Gasteiger partial charge in [0.05, 0.1) is 0 Å². The van der Waals surface area contributed by atoms with Crippen molar-refractivity contribution in [2.75, 3.05) is 6.54 Å². The molecule has 3 unspecified atom stereocenters. The third kappa shape index (κ3) is 7.05. The van der Waals surface area contributed by atoms with Crippen molar-refractivity contribution in [3.8, 4) is 0 Å². The SMILES string of the molecule is CC(C)CCCC(C)NC(C)CC1CCCN1. The zero-order valence-electron chi connectivity index (χ0n) is 12.3. The summed E-state index contributed by atoms with van der Waals surface area (Å²) in [4.78, 5) is 0. The summed E-state index contributed by atoms with van der Waals surface area (Å²) in [6.45, 7) is 10.5. The zero-order chi connectivity index (χ0) is 12.7. The Morgan fingerprint density at radius 1 is 1.12 bits per heavy atom. The van der Waals surface area contributed by atoms with Crippen molar-refractivity contribution in [2.45, 2.75) is 84.3 Å². The first-order valence-electron chi connectivity index (χ1n) is 7.57. The molecule has 0 radical (unpaired) electrons. The first kappa shape index (κ1) is 15.0. The molecule has 1 aliphatic rings. The van der Waals surface area contributed by atoms with Gasteiger partial charge in [-0.1, -0.05) is 26.7 Å². The molecule has 3 atom stereocenters. The molecule has 0 bridgehead atoms. The highest BCUT2D eigenvalue weighted by molar-refractivity contribution is 4.79. The molecule has 102 valence electrons. The molecule has 0 aromatic rings. The van der Waals surface area contributed by atoms with Crippen molar-refractivity contribution in [2.24, 2.45) is 5.92 Å². The van der Waals surface area contributed by atoms with E-state index in [2.05, 4.69) is 38.3 Å². The second-order valence-electron chi connectivity index (χ2n) is 6.32. The van der Waals surface area contributed by atoms with E-state index in [1.807, 2.05) is 0 Å². The van der Waals surface area contributed by atoms with Crippen LogP contribution in [0.15, 0.2) is 0 Å². The van der Waals surface area contributed by atoms with Crippen molar-refractivity contribution < 1.29 is 0 Å². The molecule has 0 aromatic heterocycles. The highest BCUT2D eigenvalue weighted by Crippen LogP contribution is 2.13. The van der Waals surface area contributed by atoms with E-state index in [1.54, 1.807) is 0 Å². The lowest BCUT2D eigenvalue weighted by molar-refractivity contribution is 0.378. The highest BCUT2D eigenvalue weighted by Gasteiger charge is 2.17. The molecule has 1 aliphatic heterocycles. The van der Waals surface area contributed by atoms with Gasteiger partial charge in [-0.05, 0) is 52.0 Å². The van der Waals surface area contributed by atoms with Gasteiger partial charge in [-0.2, -0.15) is 0 Å². The summed E-state index contributed by atoms with van der Waals surface area (Å²) in [6.07, 6.45) is 8.06. The van der Waals surface area contributed by atoms with Gasteiger partial charge in [0.25, 0.3) is 0 Å². The van der Waals surface area contributed by atoms with Crippen LogP contribution in [0.3, 0.4) is 0 Å². The predicted octanol–water partition coefficient (Wildman–Crippen LogP) is 3.32. The monoisotopic (exact) mass is 240 g/mol. The molecule has 2 N–H and O–H groups in total. The van der Waals surface area contributed by atoms with Crippen LogP contribution in [0, 0.1) is 5.92 Å². The molecular weight excluding hydrogens is 208 g/mol. The topological polar surface area (TPSA) is 24.1 Å². The van der Waals surface area contributed by atoms with Crippen LogP contribution in [0.2, 0.25) is 0 Å². The van der Waals surface area contributed by atoms with E-state index < -0.39 is 0 Å². The van der Waals surface area contributed by atoms with Gasteiger partial charge in [-0.25, -0.2) is 0 Å². The molecule has 1 fully saturated rings. The van der Waals surface area contributed by atoms with Crippen LogP contribution in [0.4, 0.5) is 0 Å². The number of nitrogens with one attached hydrogen (secondary N) is 2. The molecule has 0 aliphatic carbocycles. The third-order valence-electron chi connectivity index (χ3n) is 3.79. The largest absolute Gasteiger partial charge is 0.314 e. The summed E-state index contributed by atoms with van der Waals surface area (Å²) in [5.41, 5.74) is 0. The molecule has 2 heteroatoms. The Bertz CT molecular complexity index is 185. The average molecular weight is 240 g/mol. The molecule has 0 aromatic carbocycles. The Morgan fingerprint density at radius 2 is 1.88 bits per heavy atom. The van der Waals surface area contributed by atoms with Crippen LogP contribution in [0.5, 0.6) is 0 Å². The quantitative estimate of drug-likeness (QED) is 0.680. The van der Waals surface area contributed by atoms with Gasteiger partial charge >= 0.3 is 0 Å². The lowest BCUT2D eigenvalue weighted by Gasteiger charge is -2.23. The minimum absolute atomic E-state index is 0.652.